The van der Waals surface area contributed by atoms with Crippen molar-refractivity contribution in [3.8, 4) is 0 Å². The van der Waals surface area contributed by atoms with Gasteiger partial charge in [-0.15, -0.1) is 0 Å². The van der Waals surface area contributed by atoms with Crippen molar-refractivity contribution in [2.24, 2.45) is 0 Å². The van der Waals surface area contributed by atoms with Crippen LogP contribution in [-0.2, 0) is 0 Å². The van der Waals surface area contributed by atoms with Gasteiger partial charge in [0.15, 0.2) is 0 Å². The lowest BCUT2D eigenvalue weighted by Gasteiger charge is -1.75. The van der Waals surface area contributed by atoms with Crippen molar-refractivity contribution >= 4 is 8.80 Å². The molecule has 0 saturated carbocycles. The Morgan fingerprint density at radius 1 is 1.14 bits per heavy atom. The summed E-state index contributed by atoms with van der Waals surface area (Å²) >= 11 is 0. The number of nitrogens with zero attached hydrogens (tertiary/aromatic N) is 3. The summed E-state index contributed by atoms with van der Waals surface area (Å²) in [5.41, 5.74) is 13.5. The van der Waals surface area contributed by atoms with Crippen molar-refractivity contribution in [2.75, 3.05) is 0 Å². The Labute approximate surface area is 45.4 Å². The quantitative estimate of drug-likeness (QED) is 0.201. The van der Waals surface area contributed by atoms with Crippen LogP contribution in [0.3, 0.4) is 0 Å². The highest BCUT2D eigenvalue weighted by atomic mass is 28.3. The van der Waals surface area contributed by atoms with E-state index in [4.69, 9.17) is 11.1 Å². The summed E-state index contributed by atoms with van der Waals surface area (Å²) in [5.74, 6) is 0. The Kier molecular flexibility index (Phi) is 12.7. The normalized spacial score (nSPS) is 6.29. The number of hydrogen-bond donors (Lipinski definition) is 0. The Hall–Kier alpha value is -0.473. The first-order chi connectivity index (χ1) is 3.15. The summed E-state index contributed by atoms with van der Waals surface area (Å²) in [4.78, 5) is 1.50. The predicted octanol–water partition coefficient (Wildman–Crippen LogP) is 2.24. The standard InChI is InChI=1S/C3H9Si.N3/c1-4(2)3;1-3-2/h1-3H3;/q;-1. The molecule has 0 fully saturated rings. The van der Waals surface area contributed by atoms with E-state index in [1.165, 1.54) is 4.91 Å². The first-order valence-corrected chi connectivity index (χ1v) is 4.90. The summed E-state index contributed by atoms with van der Waals surface area (Å²) in [6.45, 7) is 6.81. The second-order valence-electron chi connectivity index (χ2n) is 1.59. The van der Waals surface area contributed by atoms with Gasteiger partial charge in [0, 0.05) is 8.80 Å². The van der Waals surface area contributed by atoms with E-state index in [0.29, 0.717) is 0 Å². The van der Waals surface area contributed by atoms with E-state index in [2.05, 4.69) is 19.6 Å². The van der Waals surface area contributed by atoms with E-state index in [0.717, 1.165) is 0 Å². The summed E-state index contributed by atoms with van der Waals surface area (Å²) in [7, 11) is 0.120. The molecular weight excluding hydrogens is 106 g/mol. The van der Waals surface area contributed by atoms with Gasteiger partial charge in [0.1, 0.15) is 0 Å². The lowest BCUT2D eigenvalue weighted by atomic mass is 11.8. The Morgan fingerprint density at radius 3 is 1.14 bits per heavy atom. The van der Waals surface area contributed by atoms with Crippen LogP contribution in [-0.4, -0.2) is 8.80 Å². The van der Waals surface area contributed by atoms with Gasteiger partial charge in [0.25, 0.3) is 0 Å². The Bertz CT molecular complexity index is 52.4. The second-order valence-corrected chi connectivity index (χ2v) is 4.59. The molecule has 0 unspecified atom stereocenters. The van der Waals surface area contributed by atoms with Gasteiger partial charge in [0.05, 0.1) is 0 Å². The number of hydrogen-bond acceptors (Lipinski definition) is 0. The first kappa shape index (κ1) is 9.73. The minimum absolute atomic E-state index is 0.120. The molecule has 0 heterocycles. The molecule has 0 aromatic carbocycles. The van der Waals surface area contributed by atoms with E-state index in [1.54, 1.807) is 0 Å². The molecule has 1 radical (unpaired) electrons. The van der Waals surface area contributed by atoms with Gasteiger partial charge < -0.3 is 11.1 Å². The van der Waals surface area contributed by atoms with E-state index < -0.39 is 0 Å². The smallest absolute Gasteiger partial charge is 0.0379 e. The minimum Gasteiger partial charge on any atom is -0.373 e. The predicted molar refractivity (Wildman–Crippen MR) is 33.4 cm³/mol. The molecule has 4 heteroatoms. The zero-order valence-electron chi connectivity index (χ0n) is 4.84. The van der Waals surface area contributed by atoms with E-state index >= 15 is 0 Å². The summed E-state index contributed by atoms with van der Waals surface area (Å²) in [6, 6.07) is 0. The van der Waals surface area contributed by atoms with Crippen LogP contribution >= 0.6 is 0 Å². The van der Waals surface area contributed by atoms with E-state index in [9.17, 15) is 0 Å². The fraction of sp³-hybridized carbons (Fsp3) is 1.00. The van der Waals surface area contributed by atoms with Crippen LogP contribution in [0, 0.1) is 0 Å². The maximum Gasteiger partial charge on any atom is 0.0379 e. The van der Waals surface area contributed by atoms with Gasteiger partial charge in [-0.1, -0.05) is 19.6 Å². The highest BCUT2D eigenvalue weighted by Crippen LogP contribution is 1.68. The van der Waals surface area contributed by atoms with Gasteiger partial charge in [-0.3, -0.25) is 4.91 Å². The molecular formula is C3H9N3Si-. The largest absolute Gasteiger partial charge is 0.373 e. The van der Waals surface area contributed by atoms with Crippen LogP contribution < -0.4 is 0 Å². The van der Waals surface area contributed by atoms with Gasteiger partial charge in [-0.05, 0) is 0 Å². The SMILES string of the molecule is C[Si](C)C.[N-]=[N+]=[N-]. The highest BCUT2D eigenvalue weighted by Gasteiger charge is 1.72. The third-order valence-electron chi connectivity index (χ3n) is 0. The first-order valence-electron chi connectivity index (χ1n) is 1.90. The van der Waals surface area contributed by atoms with Crippen LogP contribution in [0.2, 0.25) is 19.6 Å². The highest BCUT2D eigenvalue weighted by molar-refractivity contribution is 6.54. The number of rotatable bonds is 0. The molecule has 3 nitrogen and oxygen atoms in total. The van der Waals surface area contributed by atoms with Crippen LogP contribution in [0.4, 0.5) is 0 Å². The maximum absolute atomic E-state index is 6.75. The van der Waals surface area contributed by atoms with Crippen molar-refractivity contribution in [1.29, 1.82) is 0 Å². The van der Waals surface area contributed by atoms with Crippen molar-refractivity contribution in [3.63, 3.8) is 0 Å². The van der Waals surface area contributed by atoms with Crippen molar-refractivity contribution in [3.05, 3.63) is 16.0 Å². The third kappa shape index (κ3) is 307. The molecule has 0 aliphatic heterocycles. The van der Waals surface area contributed by atoms with Gasteiger partial charge in [-0.2, -0.15) is 0 Å². The molecule has 0 saturated heterocycles. The molecule has 0 spiro atoms. The molecule has 0 bridgehead atoms. The molecule has 0 N–H and O–H groups in total. The monoisotopic (exact) mass is 115 g/mol. The molecule has 7 heavy (non-hydrogen) atoms. The van der Waals surface area contributed by atoms with Gasteiger partial charge in [-0.25, -0.2) is 0 Å². The molecule has 0 aromatic rings. The lowest BCUT2D eigenvalue weighted by Crippen LogP contribution is -1.84. The average Bonchev–Trinajstić information content (AvgIpc) is 1.33. The Morgan fingerprint density at radius 2 is 1.14 bits per heavy atom. The van der Waals surface area contributed by atoms with Crippen LogP contribution in [0.5, 0.6) is 0 Å². The fourth-order valence-corrected chi connectivity index (χ4v) is 0. The van der Waals surface area contributed by atoms with Crippen molar-refractivity contribution in [1.82, 2.24) is 0 Å². The van der Waals surface area contributed by atoms with Crippen LogP contribution in [0.1, 0.15) is 0 Å². The fourth-order valence-electron chi connectivity index (χ4n) is 0. The lowest BCUT2D eigenvalue weighted by molar-refractivity contribution is 1.91. The average molecular weight is 115 g/mol. The third-order valence-corrected chi connectivity index (χ3v) is 0. The zero-order valence-corrected chi connectivity index (χ0v) is 5.84. The van der Waals surface area contributed by atoms with E-state index in [-0.39, 0.29) is 8.80 Å². The summed E-state index contributed by atoms with van der Waals surface area (Å²) in [6.07, 6.45) is 0. The Balaban J connectivity index is 0. The zero-order chi connectivity index (χ0) is 6.28. The molecule has 0 aliphatic carbocycles. The second kappa shape index (κ2) is 9.11. The van der Waals surface area contributed by atoms with Crippen LogP contribution in [0.15, 0.2) is 0 Å². The summed E-state index contributed by atoms with van der Waals surface area (Å²) in [5, 5.41) is 0. The van der Waals surface area contributed by atoms with E-state index in [1.807, 2.05) is 0 Å². The molecule has 0 aliphatic rings. The van der Waals surface area contributed by atoms with Crippen molar-refractivity contribution in [2.45, 2.75) is 19.6 Å². The van der Waals surface area contributed by atoms with Crippen LogP contribution in [0.25, 0.3) is 16.0 Å². The van der Waals surface area contributed by atoms with Gasteiger partial charge >= 0.3 is 0 Å². The molecule has 0 rings (SSSR count). The maximum atomic E-state index is 6.75. The molecule has 0 aromatic heterocycles. The van der Waals surface area contributed by atoms with Crippen molar-refractivity contribution < 1.29 is 0 Å². The molecule has 0 atom stereocenters. The van der Waals surface area contributed by atoms with Gasteiger partial charge in [0.2, 0.25) is 0 Å². The molecule has 0 amide bonds. The minimum atomic E-state index is 0.120. The summed E-state index contributed by atoms with van der Waals surface area (Å²) < 4.78 is 0. The topological polar surface area (TPSA) is 58.7 Å². The molecule has 41 valence electrons.